The van der Waals surface area contributed by atoms with E-state index in [4.69, 9.17) is 4.42 Å². The van der Waals surface area contributed by atoms with Gasteiger partial charge in [-0.15, -0.1) is 0 Å². The summed E-state index contributed by atoms with van der Waals surface area (Å²) < 4.78 is 5.65. The van der Waals surface area contributed by atoms with Crippen molar-refractivity contribution in [3.05, 3.63) is 59.8 Å². The number of allylic oxidation sites excluding steroid dienone is 1. The van der Waals surface area contributed by atoms with Gasteiger partial charge in [0, 0.05) is 45.4 Å². The van der Waals surface area contributed by atoms with Crippen molar-refractivity contribution in [2.45, 2.75) is 12.7 Å². The maximum atomic E-state index is 12.8. The van der Waals surface area contributed by atoms with E-state index in [1.807, 2.05) is 36.2 Å². The minimum Gasteiger partial charge on any atom is -0.441 e. The van der Waals surface area contributed by atoms with E-state index in [2.05, 4.69) is 27.4 Å². The maximum absolute atomic E-state index is 12.8. The molecule has 6 nitrogen and oxygen atoms in total. The zero-order valence-electron chi connectivity index (χ0n) is 15.1. The third kappa shape index (κ3) is 3.09. The molecule has 1 N–H and O–H groups in total. The summed E-state index contributed by atoms with van der Waals surface area (Å²) in [7, 11) is 0.504. The Balaban J connectivity index is 1.42. The number of nitrogens with one attached hydrogen (secondary N) is 1. The van der Waals surface area contributed by atoms with Crippen LogP contribution in [0.1, 0.15) is 11.5 Å². The smallest absolute Gasteiger partial charge is 0.252 e. The average molecular weight is 380 g/mol. The zero-order valence-corrected chi connectivity index (χ0v) is 16.1. The van der Waals surface area contributed by atoms with Gasteiger partial charge in [0.05, 0.1) is 11.5 Å². The lowest BCUT2D eigenvalue weighted by Gasteiger charge is -2.37. The van der Waals surface area contributed by atoms with Gasteiger partial charge in [0.25, 0.3) is 5.91 Å². The van der Waals surface area contributed by atoms with Gasteiger partial charge in [0.2, 0.25) is 0 Å². The van der Waals surface area contributed by atoms with Gasteiger partial charge < -0.3 is 19.5 Å². The number of rotatable bonds is 2. The predicted octanol–water partition coefficient (Wildman–Crippen LogP) is 2.64. The van der Waals surface area contributed by atoms with E-state index < -0.39 is 0 Å². The van der Waals surface area contributed by atoms with Gasteiger partial charge in [0.15, 0.2) is 11.5 Å². The molecule has 0 bridgehead atoms. The third-order valence-corrected chi connectivity index (χ3v) is 6.64. The molecule has 3 aliphatic heterocycles. The molecule has 0 aliphatic carbocycles. The summed E-state index contributed by atoms with van der Waals surface area (Å²) in [6.45, 7) is 5.76. The number of aryl methyl sites for hydroxylation is 1. The van der Waals surface area contributed by atoms with Crippen LogP contribution in [0.2, 0.25) is 0 Å². The normalized spacial score (nSPS) is 23.6. The molecule has 1 amide bonds. The molecule has 7 heteroatoms. The molecule has 1 aromatic carbocycles. The fourth-order valence-corrected chi connectivity index (χ4v) is 5.13. The summed E-state index contributed by atoms with van der Waals surface area (Å²) in [4.78, 5) is 21.4. The van der Waals surface area contributed by atoms with Crippen molar-refractivity contribution in [3.63, 3.8) is 0 Å². The van der Waals surface area contributed by atoms with Crippen LogP contribution in [-0.2, 0) is 4.79 Å². The van der Waals surface area contributed by atoms with E-state index in [9.17, 15) is 4.79 Å². The predicted molar refractivity (Wildman–Crippen MR) is 107 cm³/mol. The Labute approximate surface area is 159 Å². The number of carbonyl (C=O) groups excluding carboxylic acids is 1. The molecule has 3 aliphatic rings. The first-order chi connectivity index (χ1) is 13.2. The highest BCUT2D eigenvalue weighted by Crippen LogP contribution is 2.45. The molecule has 1 fully saturated rings. The molecule has 2 unspecified atom stereocenters. The number of carbonyl (C=O) groups is 1. The summed E-state index contributed by atoms with van der Waals surface area (Å²) in [6, 6.07) is 5.98. The van der Waals surface area contributed by atoms with Crippen LogP contribution in [0.5, 0.6) is 0 Å². The molecule has 2 aromatic rings. The Bertz CT molecular complexity index is 1000. The first-order valence-electron chi connectivity index (χ1n) is 9.21. The SMILES string of the molecule is Cc1nc2ccc(C3=CC(=O)N4C=C(N5CCNCC5)C=CC4P3)cc2o1. The number of fused-ring (bicyclic) bond motifs is 2. The Morgan fingerprint density at radius 3 is 3.00 bits per heavy atom. The molecule has 27 heavy (non-hydrogen) atoms. The fourth-order valence-electron chi connectivity index (χ4n) is 3.75. The minimum absolute atomic E-state index is 0.0413. The Morgan fingerprint density at radius 1 is 1.30 bits per heavy atom. The summed E-state index contributed by atoms with van der Waals surface area (Å²) in [5, 5.41) is 4.43. The first kappa shape index (κ1) is 16.7. The van der Waals surface area contributed by atoms with Crippen LogP contribution < -0.4 is 5.32 Å². The second-order valence-corrected chi connectivity index (χ2v) is 8.38. The Hall–Kier alpha value is -2.43. The molecule has 0 spiro atoms. The van der Waals surface area contributed by atoms with Crippen LogP contribution in [0.4, 0.5) is 0 Å². The number of amides is 1. The van der Waals surface area contributed by atoms with Crippen molar-refractivity contribution in [2.75, 3.05) is 26.2 Å². The molecular weight excluding hydrogens is 359 g/mol. The van der Waals surface area contributed by atoms with Crippen molar-refractivity contribution in [2.24, 2.45) is 0 Å². The second-order valence-electron chi connectivity index (χ2n) is 6.96. The van der Waals surface area contributed by atoms with Crippen LogP contribution in [0.25, 0.3) is 16.4 Å². The summed E-state index contributed by atoms with van der Waals surface area (Å²) in [5.74, 6) is 0.793. The molecular formula is C20H21N4O2P. The zero-order chi connectivity index (χ0) is 18.4. The van der Waals surface area contributed by atoms with Crippen LogP contribution in [-0.4, -0.2) is 52.7 Å². The molecule has 1 aromatic heterocycles. The standard InChI is InChI=1S/C20H21N4O2P/c1-13-22-16-4-2-14(10-17(16)26-13)18-11-19(25)24-12-15(3-5-20(24)27-18)23-8-6-21-7-9-23/h2-5,10-12,20-21,27H,6-9H2,1H3. The highest BCUT2D eigenvalue weighted by atomic mass is 31.1. The topological polar surface area (TPSA) is 61.6 Å². The molecule has 0 radical (unpaired) electrons. The van der Waals surface area contributed by atoms with Gasteiger partial charge in [-0.3, -0.25) is 4.79 Å². The lowest BCUT2D eigenvalue weighted by Crippen LogP contribution is -2.44. The van der Waals surface area contributed by atoms with Gasteiger partial charge in [0.1, 0.15) is 5.52 Å². The molecule has 0 saturated carbocycles. The van der Waals surface area contributed by atoms with E-state index in [1.165, 1.54) is 0 Å². The fraction of sp³-hybridized carbons (Fsp3) is 0.300. The number of oxazole rings is 1. The van der Waals surface area contributed by atoms with Gasteiger partial charge in [-0.25, -0.2) is 4.98 Å². The highest BCUT2D eigenvalue weighted by Gasteiger charge is 2.29. The Morgan fingerprint density at radius 2 is 2.15 bits per heavy atom. The van der Waals surface area contributed by atoms with Gasteiger partial charge in [-0.1, -0.05) is 20.7 Å². The summed E-state index contributed by atoms with van der Waals surface area (Å²) in [5.41, 5.74) is 3.78. The molecule has 4 heterocycles. The van der Waals surface area contributed by atoms with Crippen molar-refractivity contribution < 1.29 is 9.21 Å². The van der Waals surface area contributed by atoms with Gasteiger partial charge >= 0.3 is 0 Å². The Kier molecular flexibility index (Phi) is 4.10. The van der Waals surface area contributed by atoms with Gasteiger partial charge in [-0.05, 0) is 29.1 Å². The molecule has 5 rings (SSSR count). The van der Waals surface area contributed by atoms with E-state index in [1.54, 1.807) is 6.08 Å². The highest BCUT2D eigenvalue weighted by molar-refractivity contribution is 7.51. The van der Waals surface area contributed by atoms with Gasteiger partial charge in [-0.2, -0.15) is 0 Å². The molecule has 1 saturated heterocycles. The summed E-state index contributed by atoms with van der Waals surface area (Å²) in [6.07, 6.45) is 8.11. The monoisotopic (exact) mass is 380 g/mol. The number of nitrogens with zero attached hydrogens (tertiary/aromatic N) is 3. The first-order valence-corrected chi connectivity index (χ1v) is 10.3. The number of hydrogen-bond acceptors (Lipinski definition) is 5. The average Bonchev–Trinajstić information content (AvgIpc) is 3.07. The lowest BCUT2D eigenvalue weighted by molar-refractivity contribution is -0.123. The number of hydrogen-bond donors (Lipinski definition) is 1. The van der Waals surface area contributed by atoms with Crippen molar-refractivity contribution >= 4 is 30.9 Å². The van der Waals surface area contributed by atoms with E-state index >= 15 is 0 Å². The third-order valence-electron chi connectivity index (χ3n) is 5.13. The quantitative estimate of drug-likeness (QED) is 0.812. The van der Waals surface area contributed by atoms with Crippen LogP contribution in [0.15, 0.2) is 52.7 Å². The number of benzene rings is 1. The van der Waals surface area contributed by atoms with Crippen molar-refractivity contribution in [1.82, 2.24) is 20.1 Å². The van der Waals surface area contributed by atoms with E-state index in [-0.39, 0.29) is 11.7 Å². The molecule has 2 atom stereocenters. The van der Waals surface area contributed by atoms with Crippen molar-refractivity contribution in [1.29, 1.82) is 0 Å². The lowest BCUT2D eigenvalue weighted by atomic mass is 10.1. The van der Waals surface area contributed by atoms with E-state index in [0.29, 0.717) is 14.5 Å². The van der Waals surface area contributed by atoms with Crippen LogP contribution >= 0.6 is 8.58 Å². The summed E-state index contributed by atoms with van der Waals surface area (Å²) >= 11 is 0. The van der Waals surface area contributed by atoms with Crippen LogP contribution in [0, 0.1) is 6.92 Å². The minimum atomic E-state index is 0.0413. The molecule has 138 valence electrons. The maximum Gasteiger partial charge on any atom is 0.252 e. The number of piperazine rings is 1. The number of aromatic nitrogens is 1. The van der Waals surface area contributed by atoms with Crippen LogP contribution in [0.3, 0.4) is 0 Å². The largest absolute Gasteiger partial charge is 0.441 e. The van der Waals surface area contributed by atoms with Crippen molar-refractivity contribution in [3.8, 4) is 0 Å². The second kappa shape index (κ2) is 6.63. The van der Waals surface area contributed by atoms with E-state index in [0.717, 1.165) is 53.9 Å².